The monoisotopic (exact) mass is 247 g/mol. The van der Waals surface area contributed by atoms with Crippen molar-refractivity contribution in [1.29, 1.82) is 0 Å². The zero-order valence-corrected chi connectivity index (χ0v) is 8.68. The molecule has 12 heavy (non-hydrogen) atoms. The fourth-order valence-corrected chi connectivity index (χ4v) is 2.04. The molecule has 5 heteroatoms. The van der Waals surface area contributed by atoms with E-state index < -0.39 is 4.92 Å². The summed E-state index contributed by atoms with van der Waals surface area (Å²) in [6, 6.07) is 0. The van der Waals surface area contributed by atoms with Gasteiger partial charge in [0.2, 0.25) is 5.70 Å². The van der Waals surface area contributed by atoms with Crippen molar-refractivity contribution in [3.63, 3.8) is 0 Å². The van der Waals surface area contributed by atoms with Gasteiger partial charge in [0, 0.05) is 28.4 Å². The average Bonchev–Trinajstić information content (AvgIpc) is 2.36. The first-order valence-electron chi connectivity index (χ1n) is 3.15. The van der Waals surface area contributed by atoms with Crippen LogP contribution >= 0.6 is 27.3 Å². The van der Waals surface area contributed by atoms with Crippen molar-refractivity contribution in [2.75, 3.05) is 0 Å². The molecule has 0 saturated heterocycles. The topological polar surface area (TPSA) is 43.1 Å². The zero-order chi connectivity index (χ0) is 9.14. The van der Waals surface area contributed by atoms with E-state index in [1.807, 2.05) is 10.8 Å². The van der Waals surface area contributed by atoms with Gasteiger partial charge in [0.05, 0.1) is 4.92 Å². The third-order valence-electron chi connectivity index (χ3n) is 1.29. The first-order chi connectivity index (χ1) is 5.61. The average molecular weight is 248 g/mol. The molecule has 1 aromatic heterocycles. The molecule has 0 aromatic carbocycles. The summed E-state index contributed by atoms with van der Waals surface area (Å²) in [5, 5.41) is 14.0. The SMILES string of the molecule is C/C(=C/c1cscc1Br)[N+](=O)[O-]. The van der Waals surface area contributed by atoms with Gasteiger partial charge in [-0.25, -0.2) is 0 Å². The quantitative estimate of drug-likeness (QED) is 0.596. The molecule has 1 aromatic rings. The van der Waals surface area contributed by atoms with Crippen molar-refractivity contribution in [3.8, 4) is 0 Å². The standard InChI is InChI=1S/C7H6BrNO2S/c1-5(9(10)11)2-6-3-12-4-7(6)8/h2-4H,1H3/b5-2-. The van der Waals surface area contributed by atoms with Gasteiger partial charge in [-0.1, -0.05) is 0 Å². The lowest BCUT2D eigenvalue weighted by atomic mass is 10.3. The number of nitro groups is 1. The lowest BCUT2D eigenvalue weighted by Gasteiger charge is -1.89. The third-order valence-corrected chi connectivity index (χ3v) is 3.05. The molecule has 0 aliphatic heterocycles. The molecule has 0 aliphatic rings. The van der Waals surface area contributed by atoms with Gasteiger partial charge in [0.1, 0.15) is 0 Å². The van der Waals surface area contributed by atoms with E-state index in [2.05, 4.69) is 15.9 Å². The molecular formula is C7H6BrNO2S. The van der Waals surface area contributed by atoms with Crippen LogP contribution in [-0.4, -0.2) is 4.92 Å². The van der Waals surface area contributed by atoms with Crippen molar-refractivity contribution in [3.05, 3.63) is 36.6 Å². The zero-order valence-electron chi connectivity index (χ0n) is 6.28. The van der Waals surface area contributed by atoms with Crippen LogP contribution in [0.15, 0.2) is 20.9 Å². The van der Waals surface area contributed by atoms with E-state index in [1.54, 1.807) is 6.08 Å². The van der Waals surface area contributed by atoms with Gasteiger partial charge in [-0.2, -0.15) is 11.3 Å². The molecule has 64 valence electrons. The minimum absolute atomic E-state index is 0.147. The number of hydrogen-bond acceptors (Lipinski definition) is 3. The van der Waals surface area contributed by atoms with Crippen LogP contribution in [0.1, 0.15) is 12.5 Å². The maximum Gasteiger partial charge on any atom is 0.243 e. The van der Waals surface area contributed by atoms with Gasteiger partial charge >= 0.3 is 0 Å². The highest BCUT2D eigenvalue weighted by Crippen LogP contribution is 2.23. The van der Waals surface area contributed by atoms with Gasteiger partial charge in [-0.3, -0.25) is 10.1 Å². The van der Waals surface area contributed by atoms with Gasteiger partial charge in [-0.05, 0) is 21.3 Å². The fraction of sp³-hybridized carbons (Fsp3) is 0.143. The summed E-state index contributed by atoms with van der Waals surface area (Å²) >= 11 is 4.79. The Morgan fingerprint density at radius 3 is 2.83 bits per heavy atom. The molecule has 0 N–H and O–H groups in total. The first-order valence-corrected chi connectivity index (χ1v) is 4.89. The lowest BCUT2D eigenvalue weighted by Crippen LogP contribution is -1.92. The second-order valence-electron chi connectivity index (χ2n) is 2.22. The fourth-order valence-electron chi connectivity index (χ4n) is 0.672. The number of halogens is 1. The smallest absolute Gasteiger partial charge is 0.243 e. The Labute approximate surface area is 82.0 Å². The summed E-state index contributed by atoms with van der Waals surface area (Å²) in [6.07, 6.45) is 1.54. The summed E-state index contributed by atoms with van der Waals surface area (Å²) in [6.45, 7) is 1.48. The van der Waals surface area contributed by atoms with Crippen molar-refractivity contribution in [1.82, 2.24) is 0 Å². The Hall–Kier alpha value is -0.680. The van der Waals surface area contributed by atoms with Crippen molar-refractivity contribution in [2.45, 2.75) is 6.92 Å². The summed E-state index contributed by atoms with van der Waals surface area (Å²) in [5.74, 6) is 0. The molecule has 0 saturated carbocycles. The number of rotatable bonds is 2. The lowest BCUT2D eigenvalue weighted by molar-refractivity contribution is -0.422. The van der Waals surface area contributed by atoms with E-state index in [0.29, 0.717) is 0 Å². The molecule has 0 atom stereocenters. The van der Waals surface area contributed by atoms with E-state index in [0.717, 1.165) is 10.0 Å². The van der Waals surface area contributed by atoms with Gasteiger partial charge in [-0.15, -0.1) is 0 Å². The molecule has 0 spiro atoms. The molecule has 3 nitrogen and oxygen atoms in total. The predicted octanol–water partition coefficient (Wildman–Crippen LogP) is 3.15. The highest BCUT2D eigenvalue weighted by Gasteiger charge is 2.04. The number of hydrogen-bond donors (Lipinski definition) is 0. The largest absolute Gasteiger partial charge is 0.259 e. The maximum absolute atomic E-state index is 10.3. The molecule has 0 fully saturated rings. The Bertz CT molecular complexity index is 332. The summed E-state index contributed by atoms with van der Waals surface area (Å²) in [5.41, 5.74) is 1.00. The minimum atomic E-state index is -0.399. The molecule has 0 radical (unpaired) electrons. The Morgan fingerprint density at radius 1 is 1.75 bits per heavy atom. The molecule has 1 rings (SSSR count). The van der Waals surface area contributed by atoms with E-state index in [4.69, 9.17) is 0 Å². The van der Waals surface area contributed by atoms with E-state index in [9.17, 15) is 10.1 Å². The van der Waals surface area contributed by atoms with Crippen LogP contribution in [0.3, 0.4) is 0 Å². The summed E-state index contributed by atoms with van der Waals surface area (Å²) in [4.78, 5) is 9.86. The highest BCUT2D eigenvalue weighted by molar-refractivity contribution is 9.10. The van der Waals surface area contributed by atoms with Gasteiger partial charge < -0.3 is 0 Å². The Balaban J connectivity index is 2.95. The Kier molecular flexibility index (Phi) is 2.99. The molecule has 0 unspecified atom stereocenters. The van der Waals surface area contributed by atoms with Crippen molar-refractivity contribution < 1.29 is 4.92 Å². The van der Waals surface area contributed by atoms with Crippen molar-refractivity contribution >= 4 is 33.3 Å². The van der Waals surface area contributed by atoms with Crippen LogP contribution in [0.5, 0.6) is 0 Å². The van der Waals surface area contributed by atoms with Crippen LogP contribution in [0.4, 0.5) is 0 Å². The second kappa shape index (κ2) is 3.82. The van der Waals surface area contributed by atoms with Gasteiger partial charge in [0.15, 0.2) is 0 Å². The van der Waals surface area contributed by atoms with Crippen molar-refractivity contribution in [2.24, 2.45) is 0 Å². The van der Waals surface area contributed by atoms with Crippen LogP contribution < -0.4 is 0 Å². The summed E-state index contributed by atoms with van der Waals surface area (Å²) < 4.78 is 0.897. The number of nitrogens with zero attached hydrogens (tertiary/aromatic N) is 1. The molecule has 0 aliphatic carbocycles. The molecule has 0 amide bonds. The second-order valence-corrected chi connectivity index (χ2v) is 3.82. The minimum Gasteiger partial charge on any atom is -0.259 e. The van der Waals surface area contributed by atoms with Crippen LogP contribution in [0, 0.1) is 10.1 Å². The maximum atomic E-state index is 10.3. The van der Waals surface area contributed by atoms with Crippen LogP contribution in [0.25, 0.3) is 6.08 Å². The molecular weight excluding hydrogens is 242 g/mol. The highest BCUT2D eigenvalue weighted by atomic mass is 79.9. The third kappa shape index (κ3) is 2.15. The molecule has 0 bridgehead atoms. The van der Waals surface area contributed by atoms with Crippen LogP contribution in [0.2, 0.25) is 0 Å². The van der Waals surface area contributed by atoms with E-state index in [-0.39, 0.29) is 5.70 Å². The summed E-state index contributed by atoms with van der Waals surface area (Å²) in [7, 11) is 0. The molecule has 1 heterocycles. The van der Waals surface area contributed by atoms with E-state index >= 15 is 0 Å². The normalized spacial score (nSPS) is 11.7. The number of thiophene rings is 1. The Morgan fingerprint density at radius 2 is 2.42 bits per heavy atom. The first kappa shape index (κ1) is 9.41. The predicted molar refractivity (Wildman–Crippen MR) is 52.7 cm³/mol. The van der Waals surface area contributed by atoms with Gasteiger partial charge in [0.25, 0.3) is 0 Å². The van der Waals surface area contributed by atoms with E-state index in [1.165, 1.54) is 18.3 Å². The van der Waals surface area contributed by atoms with Crippen LogP contribution in [-0.2, 0) is 0 Å². The number of allylic oxidation sites excluding steroid dienone is 1.